The number of phenolic OH excluding ortho intramolecular Hbond substituents is 3. The molecular weight excluding hydrogens is 294 g/mol. The molecule has 2 aliphatic rings. The Kier molecular flexibility index (Phi) is 2.81. The largest absolute Gasteiger partial charge is 0.504 e. The van der Waals surface area contributed by atoms with Crippen molar-refractivity contribution in [3.63, 3.8) is 0 Å². The molecule has 5 nitrogen and oxygen atoms in total. The Morgan fingerprint density at radius 3 is 2.48 bits per heavy atom. The smallest absolute Gasteiger partial charge is 0.163 e. The highest BCUT2D eigenvalue weighted by Gasteiger charge is 2.48. The fourth-order valence-corrected chi connectivity index (χ4v) is 4.19. The van der Waals surface area contributed by atoms with Gasteiger partial charge in [0.05, 0.1) is 20.7 Å². The van der Waals surface area contributed by atoms with Crippen LogP contribution in [0.4, 0.5) is 5.69 Å². The van der Waals surface area contributed by atoms with E-state index < -0.39 is 0 Å². The van der Waals surface area contributed by atoms with Crippen molar-refractivity contribution in [2.75, 3.05) is 20.7 Å². The highest BCUT2D eigenvalue weighted by Crippen LogP contribution is 2.52. The number of aromatic hydroxyl groups is 3. The molecule has 0 bridgehead atoms. The molecule has 0 unspecified atom stereocenters. The zero-order valence-corrected chi connectivity index (χ0v) is 13.2. The molecule has 0 radical (unpaired) electrons. The molecule has 0 aromatic heterocycles. The molecule has 0 spiro atoms. The maximum atomic E-state index is 10.2. The first-order chi connectivity index (χ1) is 10.9. The number of hydrogen-bond donors (Lipinski definition) is 3. The monoisotopic (exact) mass is 314 g/mol. The fraction of sp³-hybridized carbons (Fsp3) is 0.333. The Labute approximate surface area is 134 Å². The Morgan fingerprint density at radius 1 is 1.00 bits per heavy atom. The number of likely N-dealkylation sites (N-methyl/N-ethyl adjacent to an activating group) is 1. The number of ether oxygens (including phenoxy) is 1. The van der Waals surface area contributed by atoms with Crippen molar-refractivity contribution in [1.82, 2.24) is 4.48 Å². The number of phenols is 3. The van der Waals surface area contributed by atoms with E-state index in [4.69, 9.17) is 4.74 Å². The van der Waals surface area contributed by atoms with E-state index in [-0.39, 0.29) is 23.3 Å². The van der Waals surface area contributed by atoms with E-state index in [9.17, 15) is 15.3 Å². The Balaban J connectivity index is 1.87. The van der Waals surface area contributed by atoms with Crippen LogP contribution in [-0.2, 0) is 12.8 Å². The third kappa shape index (κ3) is 1.83. The summed E-state index contributed by atoms with van der Waals surface area (Å²) < 4.78 is 5.90. The summed E-state index contributed by atoms with van der Waals surface area (Å²) in [6, 6.07) is 7.24. The van der Waals surface area contributed by atoms with E-state index in [1.807, 2.05) is 6.07 Å². The van der Waals surface area contributed by atoms with Gasteiger partial charge in [0.2, 0.25) is 0 Å². The first-order valence-corrected chi connectivity index (χ1v) is 7.74. The quantitative estimate of drug-likeness (QED) is 0.559. The lowest BCUT2D eigenvalue weighted by atomic mass is 9.90. The second-order valence-electron chi connectivity index (χ2n) is 6.65. The average molecular weight is 314 g/mol. The molecule has 0 saturated heterocycles. The molecule has 0 amide bonds. The van der Waals surface area contributed by atoms with Gasteiger partial charge >= 0.3 is 0 Å². The van der Waals surface area contributed by atoms with Crippen LogP contribution < -0.4 is 9.22 Å². The molecule has 4 rings (SSSR count). The predicted molar refractivity (Wildman–Crippen MR) is 87.2 cm³/mol. The first-order valence-electron chi connectivity index (χ1n) is 7.74. The van der Waals surface area contributed by atoms with Crippen molar-refractivity contribution >= 4 is 5.69 Å². The molecule has 0 aliphatic carbocycles. The van der Waals surface area contributed by atoms with E-state index in [1.165, 1.54) is 5.56 Å². The van der Waals surface area contributed by atoms with Gasteiger partial charge in [0.1, 0.15) is 11.7 Å². The van der Waals surface area contributed by atoms with Crippen molar-refractivity contribution in [3.8, 4) is 23.0 Å². The number of nitrogens with zero attached hydrogens (tertiary/aromatic N) is 1. The second kappa shape index (κ2) is 4.55. The highest BCUT2D eigenvalue weighted by atomic mass is 16.5. The average Bonchev–Trinajstić information content (AvgIpc) is 2.80. The fourth-order valence-electron chi connectivity index (χ4n) is 4.19. The second-order valence-corrected chi connectivity index (χ2v) is 6.65. The maximum Gasteiger partial charge on any atom is 0.163 e. The normalized spacial score (nSPS) is 24.7. The van der Waals surface area contributed by atoms with E-state index in [0.29, 0.717) is 10.2 Å². The number of quaternary nitrogens is 1. The summed E-state index contributed by atoms with van der Waals surface area (Å²) in [5.74, 6) is 0.507. The third-order valence-electron chi connectivity index (χ3n) is 5.47. The molecule has 2 atom stereocenters. The molecule has 23 heavy (non-hydrogen) atoms. The number of fused-ring (bicyclic) bond motifs is 5. The van der Waals surface area contributed by atoms with Gasteiger partial charge < -0.3 is 20.1 Å². The van der Waals surface area contributed by atoms with Crippen molar-refractivity contribution in [1.29, 1.82) is 0 Å². The molecule has 0 fully saturated rings. The summed E-state index contributed by atoms with van der Waals surface area (Å²) in [6.45, 7) is 0.906. The Hall–Kier alpha value is -2.40. The minimum atomic E-state index is -0.0767. The molecule has 2 aromatic carbocycles. The third-order valence-corrected chi connectivity index (χ3v) is 5.47. The van der Waals surface area contributed by atoms with Gasteiger partial charge in [-0.1, -0.05) is 0 Å². The lowest BCUT2D eigenvalue weighted by Crippen LogP contribution is -2.50. The van der Waals surface area contributed by atoms with Crippen LogP contribution in [-0.4, -0.2) is 36.0 Å². The lowest BCUT2D eigenvalue weighted by molar-refractivity contribution is 0.251. The molecular formula is C18H20NO4+. The van der Waals surface area contributed by atoms with Crippen LogP contribution in [0.15, 0.2) is 24.3 Å². The topological polar surface area (TPSA) is 69.9 Å². The predicted octanol–water partition coefficient (Wildman–Crippen LogP) is 2.60. The summed E-state index contributed by atoms with van der Waals surface area (Å²) in [5, 5.41) is 29.8. The summed E-state index contributed by atoms with van der Waals surface area (Å²) in [6.07, 6.45) is 1.65. The van der Waals surface area contributed by atoms with Crippen molar-refractivity contribution in [2.24, 2.45) is 0 Å². The minimum Gasteiger partial charge on any atom is -0.504 e. The van der Waals surface area contributed by atoms with Crippen molar-refractivity contribution in [2.45, 2.75) is 18.9 Å². The van der Waals surface area contributed by atoms with Crippen LogP contribution in [0.25, 0.3) is 0 Å². The van der Waals surface area contributed by atoms with Gasteiger partial charge in [0.15, 0.2) is 23.0 Å². The van der Waals surface area contributed by atoms with Gasteiger partial charge in [-0.15, -0.1) is 0 Å². The van der Waals surface area contributed by atoms with Crippen LogP contribution >= 0.6 is 0 Å². The van der Waals surface area contributed by atoms with Crippen LogP contribution in [0.2, 0.25) is 0 Å². The highest BCUT2D eigenvalue weighted by molar-refractivity contribution is 5.65. The van der Waals surface area contributed by atoms with Gasteiger partial charge in [0.25, 0.3) is 0 Å². The molecule has 2 heterocycles. The van der Waals surface area contributed by atoms with E-state index >= 15 is 0 Å². The van der Waals surface area contributed by atoms with Gasteiger partial charge in [-0.25, -0.2) is 0 Å². The number of benzene rings is 2. The van der Waals surface area contributed by atoms with Gasteiger partial charge in [-0.2, -0.15) is 0 Å². The van der Waals surface area contributed by atoms with E-state index in [1.54, 1.807) is 25.3 Å². The van der Waals surface area contributed by atoms with Gasteiger partial charge in [-0.3, -0.25) is 4.48 Å². The molecule has 0 saturated carbocycles. The van der Waals surface area contributed by atoms with Crippen LogP contribution in [0.1, 0.15) is 22.7 Å². The van der Waals surface area contributed by atoms with Crippen molar-refractivity contribution < 1.29 is 20.1 Å². The number of rotatable bonds is 1. The molecule has 120 valence electrons. The van der Waals surface area contributed by atoms with Gasteiger partial charge in [-0.05, 0) is 23.8 Å². The zero-order chi connectivity index (χ0) is 16.4. The lowest BCUT2D eigenvalue weighted by Gasteiger charge is -2.41. The maximum absolute atomic E-state index is 10.2. The molecule has 5 heteroatoms. The van der Waals surface area contributed by atoms with Crippen LogP contribution in [0.3, 0.4) is 0 Å². The summed E-state index contributed by atoms with van der Waals surface area (Å²) in [4.78, 5) is 0. The molecule has 2 aliphatic heterocycles. The van der Waals surface area contributed by atoms with Gasteiger partial charge in [0, 0.05) is 30.0 Å². The van der Waals surface area contributed by atoms with Crippen LogP contribution in [0.5, 0.6) is 23.0 Å². The Morgan fingerprint density at radius 2 is 1.74 bits per heavy atom. The van der Waals surface area contributed by atoms with E-state index in [0.717, 1.165) is 36.2 Å². The Bertz CT molecular complexity index is 817. The summed E-state index contributed by atoms with van der Waals surface area (Å²) in [5.41, 5.74) is 4.41. The minimum absolute atomic E-state index is 0.0759. The summed E-state index contributed by atoms with van der Waals surface area (Å²) in [7, 11) is 3.71. The first kappa shape index (κ1) is 14.2. The summed E-state index contributed by atoms with van der Waals surface area (Å²) >= 11 is 0. The standard InChI is InChI=1S/C18H19NO4/c1-19-4-3-10-7-18(23-2)17(22)8-12(10)14(19)5-11-6-15(20)16(21)9-13(11)19/h6-9,14H,3-5H2,1-2H3,(H2-,20,21,22)/p+1/t14-,19-/m1/s1. The zero-order valence-electron chi connectivity index (χ0n) is 13.2. The SMILES string of the molecule is COc1cc2c(cc1O)[C@H]1Cc3cc(O)c(O)cc3[N@@+]1(C)CC2. The number of hydrogen-bond acceptors (Lipinski definition) is 4. The van der Waals surface area contributed by atoms with E-state index in [2.05, 4.69) is 7.05 Å². The van der Waals surface area contributed by atoms with Crippen LogP contribution in [0, 0.1) is 0 Å². The number of methoxy groups -OCH3 is 1. The van der Waals surface area contributed by atoms with Crippen molar-refractivity contribution in [3.05, 3.63) is 41.0 Å². The molecule has 2 aromatic rings. The molecule has 3 N–H and O–H groups in total.